The number of hydrogen-bond acceptors (Lipinski definition) is 4. The molecule has 0 aliphatic carbocycles. The van der Waals surface area contributed by atoms with Crippen molar-refractivity contribution in [1.82, 2.24) is 14.8 Å². The van der Waals surface area contributed by atoms with Crippen LogP contribution in [0.25, 0.3) is 0 Å². The first-order chi connectivity index (χ1) is 13.0. The van der Waals surface area contributed by atoms with Gasteiger partial charge in [-0.1, -0.05) is 29.8 Å². The predicted molar refractivity (Wildman–Crippen MR) is 101 cm³/mol. The summed E-state index contributed by atoms with van der Waals surface area (Å²) in [6.45, 7) is 3.93. The van der Waals surface area contributed by atoms with Gasteiger partial charge >= 0.3 is 0 Å². The van der Waals surface area contributed by atoms with Crippen molar-refractivity contribution in [1.29, 1.82) is 0 Å². The zero-order valence-corrected chi connectivity index (χ0v) is 15.4. The number of pyridine rings is 1. The topological polar surface area (TPSA) is 70.6 Å². The lowest BCUT2D eigenvalue weighted by molar-refractivity contribution is -0.132. The average Bonchev–Trinajstić information content (AvgIpc) is 2.72. The molecule has 0 unspecified atom stereocenters. The number of ketones is 1. The van der Waals surface area contributed by atoms with Crippen molar-refractivity contribution in [3.8, 4) is 0 Å². The van der Waals surface area contributed by atoms with Gasteiger partial charge in [-0.3, -0.25) is 19.4 Å². The summed E-state index contributed by atoms with van der Waals surface area (Å²) in [4.78, 5) is 44.5. The van der Waals surface area contributed by atoms with E-state index in [1.54, 1.807) is 46.5 Å². The maximum Gasteiger partial charge on any atom is 0.255 e. The molecule has 1 aromatic carbocycles. The molecule has 27 heavy (non-hydrogen) atoms. The molecular formula is C21H23N3O3. The Morgan fingerprint density at radius 1 is 0.889 bits per heavy atom. The largest absolute Gasteiger partial charge is 0.339 e. The molecule has 2 amide bonds. The fourth-order valence-electron chi connectivity index (χ4n) is 3.09. The second kappa shape index (κ2) is 8.58. The van der Waals surface area contributed by atoms with Gasteiger partial charge in [-0.2, -0.15) is 0 Å². The highest BCUT2D eigenvalue weighted by Gasteiger charge is 2.25. The monoisotopic (exact) mass is 365 g/mol. The Morgan fingerprint density at radius 2 is 1.56 bits per heavy atom. The van der Waals surface area contributed by atoms with E-state index in [0.29, 0.717) is 37.3 Å². The molecule has 3 rings (SSSR count). The molecule has 2 aromatic rings. The minimum atomic E-state index is -0.0650. The number of hydrogen-bond donors (Lipinski definition) is 0. The number of Topliss-reactive ketones (excluding diaryl/α,β-unsaturated/α-hetero) is 1. The van der Waals surface area contributed by atoms with Crippen LogP contribution < -0.4 is 0 Å². The zero-order valence-electron chi connectivity index (χ0n) is 15.4. The van der Waals surface area contributed by atoms with Crippen LogP contribution in [0, 0.1) is 6.92 Å². The second-order valence-electron chi connectivity index (χ2n) is 6.70. The molecule has 0 N–H and O–H groups in total. The standard InChI is InChI=1S/C21H23N3O3/c1-16-4-6-17(7-5-16)19(25)8-9-20(26)23-11-13-24(14-12-23)21(27)18-3-2-10-22-15-18/h2-7,10,15H,8-9,11-14H2,1H3. The van der Waals surface area contributed by atoms with Crippen LogP contribution in [-0.2, 0) is 4.79 Å². The summed E-state index contributed by atoms with van der Waals surface area (Å²) in [5.41, 5.74) is 2.29. The van der Waals surface area contributed by atoms with Crippen LogP contribution in [0.1, 0.15) is 39.1 Å². The highest BCUT2D eigenvalue weighted by Crippen LogP contribution is 2.12. The number of aryl methyl sites for hydroxylation is 1. The molecule has 1 aromatic heterocycles. The molecule has 0 radical (unpaired) electrons. The van der Waals surface area contributed by atoms with Crippen LogP contribution in [0.2, 0.25) is 0 Å². The summed E-state index contributed by atoms with van der Waals surface area (Å²) < 4.78 is 0. The molecule has 0 bridgehead atoms. The van der Waals surface area contributed by atoms with Crippen molar-refractivity contribution in [2.45, 2.75) is 19.8 Å². The van der Waals surface area contributed by atoms with E-state index in [1.807, 2.05) is 19.1 Å². The lowest BCUT2D eigenvalue weighted by Crippen LogP contribution is -2.50. The van der Waals surface area contributed by atoms with Gasteiger partial charge < -0.3 is 9.80 Å². The second-order valence-corrected chi connectivity index (χ2v) is 6.70. The van der Waals surface area contributed by atoms with E-state index in [4.69, 9.17) is 0 Å². The Hall–Kier alpha value is -3.02. The highest BCUT2D eigenvalue weighted by molar-refractivity contribution is 5.98. The molecule has 1 aliphatic heterocycles. The molecule has 1 aliphatic rings. The Bertz CT molecular complexity index is 810. The molecule has 140 valence electrons. The number of carbonyl (C=O) groups is 3. The summed E-state index contributed by atoms with van der Waals surface area (Å²) in [6.07, 6.45) is 3.59. The average molecular weight is 365 g/mol. The summed E-state index contributed by atoms with van der Waals surface area (Å²) in [5.74, 6) is -0.123. The van der Waals surface area contributed by atoms with Crippen molar-refractivity contribution in [2.24, 2.45) is 0 Å². The molecule has 1 fully saturated rings. The normalized spacial score (nSPS) is 14.1. The van der Waals surface area contributed by atoms with Gasteiger partial charge in [0.25, 0.3) is 5.91 Å². The summed E-state index contributed by atoms with van der Waals surface area (Å²) in [7, 11) is 0. The van der Waals surface area contributed by atoms with E-state index in [-0.39, 0.29) is 30.4 Å². The number of nitrogens with zero attached hydrogens (tertiary/aromatic N) is 3. The van der Waals surface area contributed by atoms with Crippen molar-refractivity contribution >= 4 is 17.6 Å². The van der Waals surface area contributed by atoms with Gasteiger partial charge in [-0.15, -0.1) is 0 Å². The van der Waals surface area contributed by atoms with Gasteiger partial charge in [-0.25, -0.2) is 0 Å². The molecule has 6 nitrogen and oxygen atoms in total. The molecule has 6 heteroatoms. The molecule has 1 saturated heterocycles. The first-order valence-corrected chi connectivity index (χ1v) is 9.11. The van der Waals surface area contributed by atoms with Gasteiger partial charge in [0.15, 0.2) is 5.78 Å². The van der Waals surface area contributed by atoms with E-state index in [1.165, 1.54) is 0 Å². The highest BCUT2D eigenvalue weighted by atomic mass is 16.2. The molecule has 0 saturated carbocycles. The number of aromatic nitrogens is 1. The quantitative estimate of drug-likeness (QED) is 0.763. The lowest BCUT2D eigenvalue weighted by atomic mass is 10.0. The van der Waals surface area contributed by atoms with Gasteiger partial charge in [0.1, 0.15) is 0 Å². The first-order valence-electron chi connectivity index (χ1n) is 9.11. The Kier molecular flexibility index (Phi) is 5.96. The van der Waals surface area contributed by atoms with Crippen LogP contribution in [0.3, 0.4) is 0 Å². The van der Waals surface area contributed by atoms with E-state index in [2.05, 4.69) is 4.98 Å². The van der Waals surface area contributed by atoms with Crippen molar-refractivity contribution in [3.05, 3.63) is 65.5 Å². The van der Waals surface area contributed by atoms with Crippen LogP contribution in [0.4, 0.5) is 0 Å². The maximum absolute atomic E-state index is 12.4. The third-order valence-corrected chi connectivity index (χ3v) is 4.77. The number of rotatable bonds is 5. The first kappa shape index (κ1) is 18.8. The van der Waals surface area contributed by atoms with Crippen molar-refractivity contribution in [2.75, 3.05) is 26.2 Å². The van der Waals surface area contributed by atoms with Gasteiger partial charge in [0.05, 0.1) is 5.56 Å². The van der Waals surface area contributed by atoms with E-state index in [0.717, 1.165) is 5.56 Å². The van der Waals surface area contributed by atoms with Crippen LogP contribution in [0.15, 0.2) is 48.8 Å². The minimum Gasteiger partial charge on any atom is -0.339 e. The fourth-order valence-corrected chi connectivity index (χ4v) is 3.09. The molecule has 2 heterocycles. The molecule has 0 spiro atoms. The number of benzene rings is 1. The fraction of sp³-hybridized carbons (Fsp3) is 0.333. The number of amides is 2. The molecular weight excluding hydrogens is 342 g/mol. The molecule has 0 atom stereocenters. The SMILES string of the molecule is Cc1ccc(C(=O)CCC(=O)N2CCN(C(=O)c3cccnc3)CC2)cc1. The van der Waals surface area contributed by atoms with Crippen LogP contribution >= 0.6 is 0 Å². The smallest absolute Gasteiger partial charge is 0.255 e. The van der Waals surface area contributed by atoms with Crippen molar-refractivity contribution < 1.29 is 14.4 Å². The summed E-state index contributed by atoms with van der Waals surface area (Å²) in [5, 5.41) is 0. The van der Waals surface area contributed by atoms with Gasteiger partial charge in [0, 0.05) is 57.0 Å². The van der Waals surface area contributed by atoms with Gasteiger partial charge in [-0.05, 0) is 19.1 Å². The lowest BCUT2D eigenvalue weighted by Gasteiger charge is -2.34. The van der Waals surface area contributed by atoms with E-state index < -0.39 is 0 Å². The number of carbonyl (C=O) groups excluding carboxylic acids is 3. The Labute approximate surface area is 158 Å². The van der Waals surface area contributed by atoms with Crippen LogP contribution in [-0.4, -0.2) is 58.6 Å². The summed E-state index contributed by atoms with van der Waals surface area (Å²) >= 11 is 0. The third kappa shape index (κ3) is 4.78. The Morgan fingerprint density at radius 3 is 2.19 bits per heavy atom. The minimum absolute atomic E-state index is 0.0197. The zero-order chi connectivity index (χ0) is 19.2. The Balaban J connectivity index is 1.46. The van der Waals surface area contributed by atoms with Gasteiger partial charge in [0.2, 0.25) is 5.91 Å². The predicted octanol–water partition coefficient (Wildman–Crippen LogP) is 2.34. The van der Waals surface area contributed by atoms with Crippen LogP contribution in [0.5, 0.6) is 0 Å². The van der Waals surface area contributed by atoms with E-state index >= 15 is 0 Å². The maximum atomic E-state index is 12.4. The number of piperazine rings is 1. The third-order valence-electron chi connectivity index (χ3n) is 4.77. The van der Waals surface area contributed by atoms with E-state index in [9.17, 15) is 14.4 Å². The summed E-state index contributed by atoms with van der Waals surface area (Å²) in [6, 6.07) is 10.9. The van der Waals surface area contributed by atoms with Crippen molar-refractivity contribution in [3.63, 3.8) is 0 Å².